The van der Waals surface area contributed by atoms with Gasteiger partial charge < -0.3 is 10.1 Å². The smallest absolute Gasteiger partial charge is 0.123 e. The van der Waals surface area contributed by atoms with Gasteiger partial charge in [0.1, 0.15) is 5.75 Å². The summed E-state index contributed by atoms with van der Waals surface area (Å²) in [5, 5.41) is 3.53. The number of hydrogen-bond donors (Lipinski definition) is 1. The third-order valence-corrected chi connectivity index (χ3v) is 3.17. The maximum Gasteiger partial charge on any atom is 0.123 e. The molecular weight excluding hydrogens is 234 g/mol. The maximum absolute atomic E-state index is 5.63. The molecule has 19 heavy (non-hydrogen) atoms. The van der Waals surface area contributed by atoms with E-state index in [1.54, 1.807) is 0 Å². The summed E-state index contributed by atoms with van der Waals surface area (Å²) in [6.07, 6.45) is 0. The zero-order chi connectivity index (χ0) is 13.5. The molecule has 0 aliphatic carbocycles. The molecule has 2 aromatic rings. The van der Waals surface area contributed by atoms with Gasteiger partial charge >= 0.3 is 0 Å². The minimum absolute atomic E-state index is 0.330. The van der Waals surface area contributed by atoms with Gasteiger partial charge in [0.15, 0.2) is 0 Å². The summed E-state index contributed by atoms with van der Waals surface area (Å²) in [5.74, 6) is 0.970. The fourth-order valence-corrected chi connectivity index (χ4v) is 2.07. The quantitative estimate of drug-likeness (QED) is 0.844. The molecule has 2 nitrogen and oxygen atoms in total. The number of hydrogen-bond acceptors (Lipinski definition) is 2. The van der Waals surface area contributed by atoms with Crippen LogP contribution >= 0.6 is 0 Å². The highest BCUT2D eigenvalue weighted by molar-refractivity contribution is 5.33. The summed E-state index contributed by atoms with van der Waals surface area (Å²) in [6, 6.07) is 19.0. The lowest BCUT2D eigenvalue weighted by atomic mass is 10.1. The molecule has 1 atom stereocenters. The lowest BCUT2D eigenvalue weighted by molar-refractivity contribution is 0.335. The van der Waals surface area contributed by atoms with Crippen LogP contribution in [0.3, 0.4) is 0 Å². The van der Waals surface area contributed by atoms with Crippen molar-refractivity contribution in [3.05, 3.63) is 65.7 Å². The van der Waals surface area contributed by atoms with E-state index in [1.165, 1.54) is 11.1 Å². The minimum Gasteiger partial charge on any atom is -0.494 e. The summed E-state index contributed by atoms with van der Waals surface area (Å²) in [5.41, 5.74) is 2.50. The van der Waals surface area contributed by atoms with Gasteiger partial charge in [0, 0.05) is 18.2 Å². The Morgan fingerprint density at radius 3 is 2.42 bits per heavy atom. The van der Waals surface area contributed by atoms with Crippen molar-refractivity contribution in [2.24, 2.45) is 0 Å². The molecule has 0 bridgehead atoms. The first kappa shape index (κ1) is 13.6. The first-order valence-electron chi connectivity index (χ1n) is 6.80. The zero-order valence-electron chi connectivity index (χ0n) is 11.6. The Balaban J connectivity index is 1.99. The lowest BCUT2D eigenvalue weighted by Crippen LogP contribution is -2.18. The van der Waals surface area contributed by atoms with E-state index in [4.69, 9.17) is 4.74 Å². The number of rotatable bonds is 6. The van der Waals surface area contributed by atoms with Crippen molar-refractivity contribution in [2.45, 2.75) is 26.4 Å². The van der Waals surface area contributed by atoms with Crippen LogP contribution in [0.15, 0.2) is 54.6 Å². The predicted octanol–water partition coefficient (Wildman–Crippen LogP) is 3.94. The highest BCUT2D eigenvalue weighted by Crippen LogP contribution is 2.19. The van der Waals surface area contributed by atoms with Gasteiger partial charge in [-0.2, -0.15) is 0 Å². The molecule has 0 aliphatic heterocycles. The average molecular weight is 255 g/mol. The van der Waals surface area contributed by atoms with E-state index in [1.807, 2.05) is 31.2 Å². The van der Waals surface area contributed by atoms with Crippen LogP contribution in [-0.2, 0) is 6.54 Å². The summed E-state index contributed by atoms with van der Waals surface area (Å²) >= 11 is 0. The Kier molecular flexibility index (Phi) is 4.99. The lowest BCUT2D eigenvalue weighted by Gasteiger charge is -2.16. The highest BCUT2D eigenvalue weighted by atomic mass is 16.5. The molecule has 0 spiro atoms. The molecule has 0 aromatic heterocycles. The Morgan fingerprint density at radius 1 is 1.00 bits per heavy atom. The van der Waals surface area contributed by atoms with E-state index in [9.17, 15) is 0 Å². The summed E-state index contributed by atoms with van der Waals surface area (Å²) < 4.78 is 5.63. The van der Waals surface area contributed by atoms with Gasteiger partial charge in [-0.25, -0.2) is 0 Å². The van der Waals surface area contributed by atoms with Crippen molar-refractivity contribution in [1.82, 2.24) is 5.32 Å². The standard InChI is InChI=1S/C17H21NO/c1-3-19-17-12-8-7-11-16(17)13-18-14(2)15-9-5-4-6-10-15/h4-12,14,18H,3,13H2,1-2H3/t14-/m0/s1. The van der Waals surface area contributed by atoms with E-state index < -0.39 is 0 Å². The number of benzene rings is 2. The van der Waals surface area contributed by atoms with Crippen molar-refractivity contribution in [1.29, 1.82) is 0 Å². The van der Waals surface area contributed by atoms with Gasteiger partial charge in [0.25, 0.3) is 0 Å². The van der Waals surface area contributed by atoms with Crippen LogP contribution in [0.4, 0.5) is 0 Å². The second kappa shape index (κ2) is 6.95. The average Bonchev–Trinajstić information content (AvgIpc) is 2.47. The van der Waals surface area contributed by atoms with Crippen LogP contribution in [0, 0.1) is 0 Å². The largest absolute Gasteiger partial charge is 0.494 e. The summed E-state index contributed by atoms with van der Waals surface area (Å²) in [4.78, 5) is 0. The van der Waals surface area contributed by atoms with E-state index >= 15 is 0 Å². The van der Waals surface area contributed by atoms with Gasteiger partial charge in [-0.1, -0.05) is 48.5 Å². The molecule has 2 aromatic carbocycles. The molecular formula is C17H21NO. The van der Waals surface area contributed by atoms with Crippen LogP contribution in [0.25, 0.3) is 0 Å². The fourth-order valence-electron chi connectivity index (χ4n) is 2.07. The third kappa shape index (κ3) is 3.83. The molecule has 1 N–H and O–H groups in total. The molecule has 2 rings (SSSR count). The van der Waals surface area contributed by atoms with Crippen LogP contribution in [-0.4, -0.2) is 6.61 Å². The van der Waals surface area contributed by atoms with Crippen LogP contribution < -0.4 is 10.1 Å². The molecule has 0 amide bonds. The van der Waals surface area contributed by atoms with Gasteiger partial charge in [-0.3, -0.25) is 0 Å². The third-order valence-electron chi connectivity index (χ3n) is 3.17. The molecule has 100 valence electrons. The van der Waals surface area contributed by atoms with Gasteiger partial charge in [-0.05, 0) is 25.5 Å². The van der Waals surface area contributed by atoms with Gasteiger partial charge in [0.2, 0.25) is 0 Å². The van der Waals surface area contributed by atoms with Gasteiger partial charge in [-0.15, -0.1) is 0 Å². The Labute approximate surface area is 115 Å². The minimum atomic E-state index is 0.330. The Hall–Kier alpha value is -1.80. The van der Waals surface area contributed by atoms with E-state index in [-0.39, 0.29) is 0 Å². The first-order valence-corrected chi connectivity index (χ1v) is 6.80. The normalized spacial score (nSPS) is 12.1. The summed E-state index contributed by atoms with van der Waals surface area (Å²) in [7, 11) is 0. The Morgan fingerprint density at radius 2 is 1.68 bits per heavy atom. The van der Waals surface area contributed by atoms with Crippen LogP contribution in [0.5, 0.6) is 5.75 Å². The Bertz CT molecular complexity index is 496. The SMILES string of the molecule is CCOc1ccccc1CN[C@@H](C)c1ccccc1. The molecule has 0 heterocycles. The molecule has 0 fully saturated rings. The van der Waals surface area contributed by atoms with Crippen LogP contribution in [0.2, 0.25) is 0 Å². The van der Waals surface area contributed by atoms with Crippen LogP contribution in [0.1, 0.15) is 31.0 Å². The molecule has 0 unspecified atom stereocenters. The molecule has 0 radical (unpaired) electrons. The monoisotopic (exact) mass is 255 g/mol. The predicted molar refractivity (Wildman–Crippen MR) is 79.3 cm³/mol. The maximum atomic E-state index is 5.63. The first-order chi connectivity index (χ1) is 9.31. The van der Waals surface area contributed by atoms with E-state index in [2.05, 4.69) is 42.6 Å². The van der Waals surface area contributed by atoms with Crippen molar-refractivity contribution in [2.75, 3.05) is 6.61 Å². The second-order valence-corrected chi connectivity index (χ2v) is 4.55. The molecule has 0 saturated heterocycles. The zero-order valence-corrected chi connectivity index (χ0v) is 11.6. The molecule has 0 saturated carbocycles. The topological polar surface area (TPSA) is 21.3 Å². The van der Waals surface area contributed by atoms with Crippen molar-refractivity contribution in [3.8, 4) is 5.75 Å². The number of ether oxygens (including phenoxy) is 1. The van der Waals surface area contributed by atoms with Crippen molar-refractivity contribution < 1.29 is 4.74 Å². The number of nitrogens with one attached hydrogen (secondary N) is 1. The fraction of sp³-hybridized carbons (Fsp3) is 0.294. The van der Waals surface area contributed by atoms with Crippen molar-refractivity contribution in [3.63, 3.8) is 0 Å². The second-order valence-electron chi connectivity index (χ2n) is 4.55. The van der Waals surface area contributed by atoms with Gasteiger partial charge in [0.05, 0.1) is 6.61 Å². The highest BCUT2D eigenvalue weighted by Gasteiger charge is 2.06. The van der Waals surface area contributed by atoms with E-state index in [0.717, 1.165) is 12.3 Å². The van der Waals surface area contributed by atoms with Crippen molar-refractivity contribution >= 4 is 0 Å². The van der Waals surface area contributed by atoms with E-state index in [0.29, 0.717) is 12.6 Å². The number of para-hydroxylation sites is 1. The summed E-state index contributed by atoms with van der Waals surface area (Å²) in [6.45, 7) is 5.70. The molecule has 2 heteroatoms. The molecule has 0 aliphatic rings.